The molecule has 0 saturated carbocycles. The molecule has 0 aromatic heterocycles. The number of rotatable bonds is 3. The van der Waals surface area contributed by atoms with Crippen molar-refractivity contribution >= 4 is 5.71 Å². The minimum atomic E-state index is -0.203. The lowest BCUT2D eigenvalue weighted by atomic mass is 10.1. The van der Waals surface area contributed by atoms with Gasteiger partial charge >= 0.3 is 0 Å². The molecule has 1 rings (SSSR count). The van der Waals surface area contributed by atoms with Crippen molar-refractivity contribution in [2.24, 2.45) is 10.9 Å². The first-order valence-corrected chi connectivity index (χ1v) is 4.86. The summed E-state index contributed by atoms with van der Waals surface area (Å²) in [5, 5.41) is 0. The van der Waals surface area contributed by atoms with Gasteiger partial charge < -0.3 is 0 Å². The third-order valence-electron chi connectivity index (χ3n) is 1.96. The fourth-order valence-electron chi connectivity index (χ4n) is 1.10. The second kappa shape index (κ2) is 4.89. The molecule has 14 heavy (non-hydrogen) atoms. The van der Waals surface area contributed by atoms with Gasteiger partial charge in [0.15, 0.2) is 0 Å². The van der Waals surface area contributed by atoms with Crippen LogP contribution in [0.5, 0.6) is 0 Å². The molecule has 0 bridgehead atoms. The summed E-state index contributed by atoms with van der Waals surface area (Å²) in [5.41, 5.74) is 1.96. The maximum Gasteiger partial charge on any atom is 0.123 e. The Morgan fingerprint density at radius 3 is 2.36 bits per heavy atom. The molecule has 1 aromatic carbocycles. The Hall–Kier alpha value is -1.18. The zero-order valence-corrected chi connectivity index (χ0v) is 8.92. The molecule has 0 aliphatic heterocycles. The van der Waals surface area contributed by atoms with Crippen LogP contribution in [0.4, 0.5) is 4.39 Å². The summed E-state index contributed by atoms with van der Waals surface area (Å²) in [4.78, 5) is 4.42. The number of hydrogen-bond donors (Lipinski definition) is 0. The molecule has 0 amide bonds. The van der Waals surface area contributed by atoms with Gasteiger partial charge in [-0.25, -0.2) is 4.39 Å². The van der Waals surface area contributed by atoms with Crippen LogP contribution in [0.2, 0.25) is 0 Å². The number of nitrogens with zero attached hydrogens (tertiary/aromatic N) is 1. The summed E-state index contributed by atoms with van der Waals surface area (Å²) in [6, 6.07) is 6.44. The van der Waals surface area contributed by atoms with E-state index in [0.717, 1.165) is 17.8 Å². The Balaban J connectivity index is 2.73. The molecule has 1 nitrogen and oxygen atoms in total. The van der Waals surface area contributed by atoms with E-state index in [1.54, 1.807) is 12.1 Å². The highest BCUT2D eigenvalue weighted by molar-refractivity contribution is 5.98. The van der Waals surface area contributed by atoms with E-state index in [0.29, 0.717) is 5.92 Å². The highest BCUT2D eigenvalue weighted by atomic mass is 19.1. The van der Waals surface area contributed by atoms with Crippen LogP contribution < -0.4 is 0 Å². The average Bonchev–Trinajstić information content (AvgIpc) is 2.15. The van der Waals surface area contributed by atoms with Gasteiger partial charge in [-0.3, -0.25) is 4.99 Å². The van der Waals surface area contributed by atoms with Crippen LogP contribution in [0, 0.1) is 11.7 Å². The molecule has 0 fully saturated rings. The lowest BCUT2D eigenvalue weighted by Gasteiger charge is -2.03. The molecule has 0 radical (unpaired) electrons. The van der Waals surface area contributed by atoms with Crippen molar-refractivity contribution < 1.29 is 4.39 Å². The van der Waals surface area contributed by atoms with Crippen LogP contribution in [-0.4, -0.2) is 12.3 Å². The normalized spacial score (nSPS) is 12.2. The SMILES string of the molecule is CC(=NCC(C)C)c1ccc(F)cc1. The molecule has 2 heteroatoms. The van der Waals surface area contributed by atoms with Gasteiger partial charge in [0, 0.05) is 12.3 Å². The van der Waals surface area contributed by atoms with Gasteiger partial charge in [-0.2, -0.15) is 0 Å². The van der Waals surface area contributed by atoms with E-state index >= 15 is 0 Å². The molecule has 1 aromatic rings. The largest absolute Gasteiger partial charge is 0.289 e. The lowest BCUT2D eigenvalue weighted by Crippen LogP contribution is -2.00. The first-order chi connectivity index (χ1) is 6.59. The van der Waals surface area contributed by atoms with Crippen molar-refractivity contribution in [3.8, 4) is 0 Å². The van der Waals surface area contributed by atoms with Crippen molar-refractivity contribution in [3.05, 3.63) is 35.6 Å². The van der Waals surface area contributed by atoms with Gasteiger partial charge in [0.2, 0.25) is 0 Å². The summed E-state index contributed by atoms with van der Waals surface area (Å²) in [6.07, 6.45) is 0. The zero-order valence-electron chi connectivity index (χ0n) is 8.92. The van der Waals surface area contributed by atoms with Gasteiger partial charge in [-0.1, -0.05) is 26.0 Å². The van der Waals surface area contributed by atoms with Gasteiger partial charge in [0.1, 0.15) is 5.82 Å². The smallest absolute Gasteiger partial charge is 0.123 e. The van der Waals surface area contributed by atoms with Crippen molar-refractivity contribution in [1.29, 1.82) is 0 Å². The molecule has 0 aliphatic carbocycles. The van der Waals surface area contributed by atoms with Gasteiger partial charge in [-0.05, 0) is 30.5 Å². The Bertz CT molecular complexity index is 312. The molecule has 0 N–H and O–H groups in total. The Morgan fingerprint density at radius 2 is 1.86 bits per heavy atom. The predicted octanol–water partition coefficient (Wildman–Crippen LogP) is 3.29. The molecule has 0 unspecified atom stereocenters. The van der Waals surface area contributed by atoms with Crippen molar-refractivity contribution in [2.45, 2.75) is 20.8 Å². The van der Waals surface area contributed by atoms with E-state index in [9.17, 15) is 4.39 Å². The fourth-order valence-corrected chi connectivity index (χ4v) is 1.10. The standard InChI is InChI=1S/C12H16FN/c1-9(2)8-14-10(3)11-4-6-12(13)7-5-11/h4-7,9H,8H2,1-3H3. The fraction of sp³-hybridized carbons (Fsp3) is 0.417. The monoisotopic (exact) mass is 193 g/mol. The first kappa shape index (κ1) is 10.9. The Labute approximate surface area is 84.7 Å². The summed E-state index contributed by atoms with van der Waals surface area (Å²) >= 11 is 0. The van der Waals surface area contributed by atoms with Gasteiger partial charge in [-0.15, -0.1) is 0 Å². The average molecular weight is 193 g/mol. The van der Waals surface area contributed by atoms with Crippen molar-refractivity contribution in [3.63, 3.8) is 0 Å². The van der Waals surface area contributed by atoms with Gasteiger partial charge in [0.25, 0.3) is 0 Å². The molecule has 0 atom stereocenters. The van der Waals surface area contributed by atoms with Crippen LogP contribution in [0.25, 0.3) is 0 Å². The first-order valence-electron chi connectivity index (χ1n) is 4.86. The second-order valence-corrected chi connectivity index (χ2v) is 3.83. The molecular formula is C12H16FN. The van der Waals surface area contributed by atoms with Crippen molar-refractivity contribution in [2.75, 3.05) is 6.54 Å². The van der Waals surface area contributed by atoms with Crippen LogP contribution in [0.3, 0.4) is 0 Å². The van der Waals surface area contributed by atoms with E-state index in [-0.39, 0.29) is 5.82 Å². The van der Waals surface area contributed by atoms with E-state index in [1.165, 1.54) is 12.1 Å². The second-order valence-electron chi connectivity index (χ2n) is 3.83. The minimum Gasteiger partial charge on any atom is -0.289 e. The van der Waals surface area contributed by atoms with Crippen LogP contribution in [-0.2, 0) is 0 Å². The van der Waals surface area contributed by atoms with Crippen LogP contribution >= 0.6 is 0 Å². The molecular weight excluding hydrogens is 177 g/mol. The molecule has 76 valence electrons. The molecule has 0 heterocycles. The van der Waals surface area contributed by atoms with E-state index in [1.807, 2.05) is 6.92 Å². The predicted molar refractivity (Wildman–Crippen MR) is 58.3 cm³/mol. The van der Waals surface area contributed by atoms with Crippen LogP contribution in [0.15, 0.2) is 29.3 Å². The highest BCUT2D eigenvalue weighted by Gasteiger charge is 1.98. The van der Waals surface area contributed by atoms with E-state index in [4.69, 9.17) is 0 Å². The van der Waals surface area contributed by atoms with Crippen LogP contribution in [0.1, 0.15) is 26.3 Å². The Kier molecular flexibility index (Phi) is 3.81. The number of halogens is 1. The number of hydrogen-bond acceptors (Lipinski definition) is 1. The minimum absolute atomic E-state index is 0.203. The lowest BCUT2D eigenvalue weighted by molar-refractivity contribution is 0.627. The van der Waals surface area contributed by atoms with Gasteiger partial charge in [0.05, 0.1) is 0 Å². The third kappa shape index (κ3) is 3.29. The molecule has 0 spiro atoms. The highest BCUT2D eigenvalue weighted by Crippen LogP contribution is 2.05. The summed E-state index contributed by atoms with van der Waals surface area (Å²) in [5.74, 6) is 0.357. The molecule has 0 aliphatic rings. The van der Waals surface area contributed by atoms with Crippen molar-refractivity contribution in [1.82, 2.24) is 0 Å². The topological polar surface area (TPSA) is 12.4 Å². The third-order valence-corrected chi connectivity index (χ3v) is 1.96. The summed E-state index contributed by atoms with van der Waals surface area (Å²) < 4.78 is 12.6. The molecule has 0 saturated heterocycles. The maximum absolute atomic E-state index is 12.6. The summed E-state index contributed by atoms with van der Waals surface area (Å²) in [6.45, 7) is 7.03. The Morgan fingerprint density at radius 1 is 1.29 bits per heavy atom. The summed E-state index contributed by atoms with van der Waals surface area (Å²) in [7, 11) is 0. The maximum atomic E-state index is 12.6. The van der Waals surface area contributed by atoms with E-state index < -0.39 is 0 Å². The zero-order chi connectivity index (χ0) is 10.6. The number of aliphatic imine (C=N–C) groups is 1. The number of benzene rings is 1. The van der Waals surface area contributed by atoms with E-state index in [2.05, 4.69) is 18.8 Å². The quantitative estimate of drug-likeness (QED) is 0.653.